The van der Waals surface area contributed by atoms with E-state index >= 15 is 0 Å². The summed E-state index contributed by atoms with van der Waals surface area (Å²) < 4.78 is 5.47. The van der Waals surface area contributed by atoms with Crippen molar-refractivity contribution in [1.29, 1.82) is 0 Å². The Morgan fingerprint density at radius 2 is 2.11 bits per heavy atom. The molecule has 5 heteroatoms. The molecule has 1 amide bonds. The Morgan fingerprint density at radius 1 is 1.37 bits per heavy atom. The lowest BCUT2D eigenvalue weighted by molar-refractivity contribution is -0.127. The van der Waals surface area contributed by atoms with Gasteiger partial charge in [0, 0.05) is 5.02 Å². The van der Waals surface area contributed by atoms with Crippen molar-refractivity contribution in [3.63, 3.8) is 0 Å². The molecular weight excluding hydrogens is 266 g/mol. The quantitative estimate of drug-likeness (QED) is 0.813. The summed E-state index contributed by atoms with van der Waals surface area (Å²) in [5.41, 5.74) is 0. The smallest absolute Gasteiger partial charge is 0.225 e. The molecule has 2 N–H and O–H groups in total. The van der Waals surface area contributed by atoms with Crippen LogP contribution in [-0.4, -0.2) is 30.3 Å². The maximum atomic E-state index is 11.8. The Labute approximate surface area is 117 Å². The van der Waals surface area contributed by atoms with Crippen LogP contribution in [0.15, 0.2) is 24.3 Å². The minimum Gasteiger partial charge on any atom is -0.492 e. The molecule has 19 heavy (non-hydrogen) atoms. The van der Waals surface area contributed by atoms with E-state index in [2.05, 4.69) is 5.32 Å². The SMILES string of the molecule is O=C(NCCOc1ccc(Cl)cc1)C1CCCC1O. The number of aliphatic hydroxyl groups excluding tert-OH is 1. The number of hydrogen-bond donors (Lipinski definition) is 2. The van der Waals surface area contributed by atoms with Gasteiger partial charge in [-0.25, -0.2) is 0 Å². The van der Waals surface area contributed by atoms with Gasteiger partial charge in [-0.2, -0.15) is 0 Å². The molecule has 2 atom stereocenters. The molecule has 2 unspecified atom stereocenters. The summed E-state index contributed by atoms with van der Waals surface area (Å²) >= 11 is 5.76. The monoisotopic (exact) mass is 283 g/mol. The number of aliphatic hydroxyl groups is 1. The number of hydrogen-bond acceptors (Lipinski definition) is 3. The Hall–Kier alpha value is -1.26. The first-order valence-corrected chi connectivity index (χ1v) is 6.89. The van der Waals surface area contributed by atoms with Gasteiger partial charge in [-0.3, -0.25) is 4.79 Å². The third-order valence-electron chi connectivity index (χ3n) is 3.30. The highest BCUT2D eigenvalue weighted by Crippen LogP contribution is 2.25. The molecule has 1 saturated carbocycles. The molecule has 1 aromatic rings. The molecule has 0 aliphatic heterocycles. The average molecular weight is 284 g/mol. The molecule has 1 fully saturated rings. The zero-order valence-electron chi connectivity index (χ0n) is 10.6. The molecule has 0 aromatic heterocycles. The Kier molecular flexibility index (Phi) is 5.05. The number of carbonyl (C=O) groups excluding carboxylic acids is 1. The zero-order chi connectivity index (χ0) is 13.7. The number of benzene rings is 1. The van der Waals surface area contributed by atoms with Crippen LogP contribution in [0.1, 0.15) is 19.3 Å². The first-order chi connectivity index (χ1) is 9.16. The molecule has 2 rings (SSSR count). The van der Waals surface area contributed by atoms with Crippen LogP contribution in [-0.2, 0) is 4.79 Å². The topological polar surface area (TPSA) is 58.6 Å². The normalized spacial score (nSPS) is 22.2. The summed E-state index contributed by atoms with van der Waals surface area (Å²) in [6.07, 6.45) is 1.92. The molecule has 104 valence electrons. The van der Waals surface area contributed by atoms with E-state index in [1.54, 1.807) is 24.3 Å². The third-order valence-corrected chi connectivity index (χ3v) is 3.55. The van der Waals surface area contributed by atoms with E-state index in [0.29, 0.717) is 18.2 Å². The van der Waals surface area contributed by atoms with Crippen LogP contribution in [0.3, 0.4) is 0 Å². The molecular formula is C14H18ClNO3. The average Bonchev–Trinajstić information content (AvgIpc) is 2.83. The summed E-state index contributed by atoms with van der Waals surface area (Å²) in [5, 5.41) is 13.1. The van der Waals surface area contributed by atoms with Crippen molar-refractivity contribution in [3.05, 3.63) is 29.3 Å². The number of ether oxygens (including phenoxy) is 1. The molecule has 0 saturated heterocycles. The molecule has 1 aliphatic rings. The van der Waals surface area contributed by atoms with Crippen LogP contribution in [0, 0.1) is 5.92 Å². The van der Waals surface area contributed by atoms with E-state index in [9.17, 15) is 9.90 Å². The van der Waals surface area contributed by atoms with Gasteiger partial charge in [0.05, 0.1) is 18.6 Å². The number of amides is 1. The summed E-state index contributed by atoms with van der Waals surface area (Å²) in [6, 6.07) is 7.07. The molecule has 0 radical (unpaired) electrons. The maximum absolute atomic E-state index is 11.8. The van der Waals surface area contributed by atoms with Gasteiger partial charge in [0.25, 0.3) is 0 Å². The van der Waals surface area contributed by atoms with Gasteiger partial charge in [-0.05, 0) is 43.5 Å². The summed E-state index contributed by atoms with van der Waals surface area (Å²) in [5.74, 6) is 0.389. The van der Waals surface area contributed by atoms with Crippen molar-refractivity contribution in [2.75, 3.05) is 13.2 Å². The third kappa shape index (κ3) is 4.11. The van der Waals surface area contributed by atoms with Gasteiger partial charge in [0.2, 0.25) is 5.91 Å². The lowest BCUT2D eigenvalue weighted by Crippen LogP contribution is -2.36. The van der Waals surface area contributed by atoms with Crippen molar-refractivity contribution < 1.29 is 14.6 Å². The van der Waals surface area contributed by atoms with Gasteiger partial charge < -0.3 is 15.2 Å². The van der Waals surface area contributed by atoms with E-state index in [1.807, 2.05) is 0 Å². The second-order valence-corrected chi connectivity index (χ2v) is 5.13. The summed E-state index contributed by atoms with van der Waals surface area (Å²) in [7, 11) is 0. The summed E-state index contributed by atoms with van der Waals surface area (Å²) in [4.78, 5) is 11.8. The van der Waals surface area contributed by atoms with Crippen molar-refractivity contribution >= 4 is 17.5 Å². The fraction of sp³-hybridized carbons (Fsp3) is 0.500. The largest absolute Gasteiger partial charge is 0.492 e. The van der Waals surface area contributed by atoms with Crippen LogP contribution in [0.5, 0.6) is 5.75 Å². The number of halogens is 1. The van der Waals surface area contributed by atoms with E-state index in [4.69, 9.17) is 16.3 Å². The van der Waals surface area contributed by atoms with Crippen LogP contribution in [0.2, 0.25) is 5.02 Å². The van der Waals surface area contributed by atoms with Gasteiger partial charge in [-0.15, -0.1) is 0 Å². The Balaban J connectivity index is 1.66. The minimum absolute atomic E-state index is 0.0790. The van der Waals surface area contributed by atoms with Crippen LogP contribution in [0.4, 0.5) is 0 Å². The highest BCUT2D eigenvalue weighted by Gasteiger charge is 2.30. The Morgan fingerprint density at radius 3 is 2.74 bits per heavy atom. The highest BCUT2D eigenvalue weighted by molar-refractivity contribution is 6.30. The first-order valence-electron chi connectivity index (χ1n) is 6.51. The number of rotatable bonds is 5. The fourth-order valence-corrected chi connectivity index (χ4v) is 2.38. The zero-order valence-corrected chi connectivity index (χ0v) is 11.4. The molecule has 0 heterocycles. The second-order valence-electron chi connectivity index (χ2n) is 4.70. The van der Waals surface area contributed by atoms with Crippen molar-refractivity contribution in [2.24, 2.45) is 5.92 Å². The van der Waals surface area contributed by atoms with E-state index < -0.39 is 6.10 Å². The van der Waals surface area contributed by atoms with E-state index in [0.717, 1.165) is 25.0 Å². The van der Waals surface area contributed by atoms with Crippen molar-refractivity contribution in [2.45, 2.75) is 25.4 Å². The Bertz CT molecular complexity index is 421. The standard InChI is InChI=1S/C14H18ClNO3/c15-10-4-6-11(7-5-10)19-9-8-16-14(18)12-2-1-3-13(12)17/h4-7,12-13,17H,1-3,8-9H2,(H,16,18). The highest BCUT2D eigenvalue weighted by atomic mass is 35.5. The fourth-order valence-electron chi connectivity index (χ4n) is 2.25. The molecule has 0 bridgehead atoms. The van der Waals surface area contributed by atoms with Gasteiger partial charge in [0.1, 0.15) is 12.4 Å². The molecule has 4 nitrogen and oxygen atoms in total. The van der Waals surface area contributed by atoms with Crippen molar-refractivity contribution in [1.82, 2.24) is 5.32 Å². The molecule has 0 spiro atoms. The van der Waals surface area contributed by atoms with Crippen LogP contribution >= 0.6 is 11.6 Å². The first kappa shape index (κ1) is 14.2. The van der Waals surface area contributed by atoms with Gasteiger partial charge >= 0.3 is 0 Å². The predicted octanol–water partition coefficient (Wildman–Crippen LogP) is 2.00. The summed E-state index contributed by atoms with van der Waals surface area (Å²) in [6.45, 7) is 0.834. The number of nitrogens with one attached hydrogen (secondary N) is 1. The molecule has 1 aliphatic carbocycles. The van der Waals surface area contributed by atoms with Crippen LogP contribution in [0.25, 0.3) is 0 Å². The lowest BCUT2D eigenvalue weighted by atomic mass is 10.1. The minimum atomic E-state index is -0.489. The van der Waals surface area contributed by atoms with E-state index in [-0.39, 0.29) is 11.8 Å². The van der Waals surface area contributed by atoms with Crippen molar-refractivity contribution in [3.8, 4) is 5.75 Å². The van der Waals surface area contributed by atoms with Gasteiger partial charge in [-0.1, -0.05) is 11.6 Å². The predicted molar refractivity (Wildman–Crippen MR) is 73.3 cm³/mol. The van der Waals surface area contributed by atoms with Crippen LogP contribution < -0.4 is 10.1 Å². The maximum Gasteiger partial charge on any atom is 0.225 e. The van der Waals surface area contributed by atoms with Gasteiger partial charge in [0.15, 0.2) is 0 Å². The number of carbonyl (C=O) groups is 1. The lowest BCUT2D eigenvalue weighted by Gasteiger charge is -2.14. The van der Waals surface area contributed by atoms with E-state index in [1.165, 1.54) is 0 Å². The second kappa shape index (κ2) is 6.78. The molecule has 1 aromatic carbocycles.